The lowest BCUT2D eigenvalue weighted by Crippen LogP contribution is -2.40. The molecule has 3 aliphatic heterocycles. The van der Waals surface area contributed by atoms with Crippen molar-refractivity contribution in [1.29, 1.82) is 0 Å². The molecule has 6 amide bonds. The quantitative estimate of drug-likeness (QED) is 0.0452. The van der Waals surface area contributed by atoms with Crippen LogP contribution in [0.15, 0.2) is 36.4 Å². The first-order chi connectivity index (χ1) is 41.7. The summed E-state index contributed by atoms with van der Waals surface area (Å²) in [5.41, 5.74) is 19.1. The first-order valence-corrected chi connectivity index (χ1v) is 32.0. The number of unbranched alkanes of at least 4 members (excludes halogenated alkanes) is 3. The predicted octanol–water partition coefficient (Wildman–Crippen LogP) is 8.88. The van der Waals surface area contributed by atoms with Gasteiger partial charge in [0.15, 0.2) is 0 Å². The maximum atomic E-state index is 14.1. The molecule has 0 radical (unpaired) electrons. The molecule has 16 rings (SSSR count). The predicted molar refractivity (Wildman–Crippen MR) is 326 cm³/mol. The first-order valence-electron chi connectivity index (χ1n) is 32.0. The molecule has 6 heterocycles. The molecule has 9 aliphatic rings. The van der Waals surface area contributed by atoms with Crippen LogP contribution < -0.4 is 0 Å². The van der Waals surface area contributed by atoms with Gasteiger partial charge < -0.3 is 13.4 Å². The Morgan fingerprint density at radius 1 is 0.322 bits per heavy atom. The lowest BCUT2D eigenvalue weighted by Gasteiger charge is -2.33. The summed E-state index contributed by atoms with van der Waals surface area (Å²) in [6.45, 7) is 13.5. The maximum Gasteiger partial charge on any atom is 0.261 e. The second-order valence-corrected chi connectivity index (χ2v) is 28.5. The third-order valence-corrected chi connectivity index (χ3v) is 22.4. The molecule has 444 valence electrons. The molecule has 0 fully saturated rings. The van der Waals surface area contributed by atoms with Crippen molar-refractivity contribution >= 4 is 68.5 Å². The van der Waals surface area contributed by atoms with Gasteiger partial charge in [-0.1, -0.05) is 0 Å². The summed E-state index contributed by atoms with van der Waals surface area (Å²) >= 11 is 0. The van der Waals surface area contributed by atoms with Gasteiger partial charge in [0.2, 0.25) is 0 Å². The number of fused-ring (bicyclic) bond motifs is 33. The fraction of sp³-hybridized carbons (Fsp3) is 0.478. The summed E-state index contributed by atoms with van der Waals surface area (Å²) < 4.78 is 2.64. The Morgan fingerprint density at radius 2 is 0.506 bits per heavy atom. The van der Waals surface area contributed by atoms with E-state index in [1.165, 1.54) is 48.1 Å². The van der Waals surface area contributed by atoms with E-state index in [9.17, 15) is 28.8 Å². The Bertz CT molecular complexity index is 3690. The first kappa shape index (κ1) is 54.6. The SMILES string of the molecule is CC[N+](C)(C)CCCCN1C(=O)c2cc3nc4c(nc3cc2C1=O)[C@@H]1C[C@H]4c2c1c1c(c3c2[C@H]2C[C@@H]3c3nc4cc5c(cc4nc32)C(=O)N(CCCC[N+](C)(C)CC)C5=O)[C@H]2C[C@@H]1c1nc3cc4c(cc3nc12)C(=O)N(CCCC[N+](C)(C)CC)C4=O. The topological polar surface area (TPSA) is 189 Å². The van der Waals surface area contributed by atoms with Crippen LogP contribution in [-0.2, 0) is 0 Å². The number of nitrogens with zero attached hydrogens (tertiary/aromatic N) is 12. The van der Waals surface area contributed by atoms with Crippen LogP contribution in [0.4, 0.5) is 0 Å². The van der Waals surface area contributed by atoms with E-state index in [1.54, 1.807) is 36.4 Å². The Hall–Kier alpha value is -7.80. The van der Waals surface area contributed by atoms with Crippen molar-refractivity contribution in [3.05, 3.63) is 137 Å². The summed E-state index contributed by atoms with van der Waals surface area (Å²) in [6, 6.07) is 10.7. The number of hydrogen-bond donors (Lipinski definition) is 0. The summed E-state index contributed by atoms with van der Waals surface area (Å²) in [4.78, 5) is 121. The number of benzene rings is 4. The van der Waals surface area contributed by atoms with Gasteiger partial charge in [-0.2, -0.15) is 0 Å². The lowest BCUT2D eigenvalue weighted by molar-refractivity contribution is -0.888. The van der Waals surface area contributed by atoms with Crippen molar-refractivity contribution in [3.8, 4) is 0 Å². The normalized spacial score (nSPS) is 22.2. The van der Waals surface area contributed by atoms with Crippen molar-refractivity contribution < 1.29 is 42.2 Å². The molecular formula is C69H75N12O6+3. The highest BCUT2D eigenvalue weighted by molar-refractivity contribution is 6.24. The van der Waals surface area contributed by atoms with E-state index in [2.05, 4.69) is 63.1 Å². The Kier molecular flexibility index (Phi) is 11.8. The molecule has 0 N–H and O–H groups in total. The number of carbonyl (C=O) groups excluding carboxylic acids is 6. The highest BCUT2D eigenvalue weighted by atomic mass is 16.2. The summed E-state index contributed by atoms with van der Waals surface area (Å²) in [7, 11) is 13.2. The number of quaternary nitrogens is 3. The van der Waals surface area contributed by atoms with Gasteiger partial charge in [0.1, 0.15) is 0 Å². The summed E-state index contributed by atoms with van der Waals surface area (Å²) in [5, 5.41) is 0. The zero-order valence-corrected chi connectivity index (χ0v) is 51.5. The maximum absolute atomic E-state index is 14.1. The fourth-order valence-corrected chi connectivity index (χ4v) is 16.7. The van der Waals surface area contributed by atoms with Crippen molar-refractivity contribution in [2.45, 2.75) is 114 Å². The van der Waals surface area contributed by atoms with E-state index in [-0.39, 0.29) is 71.0 Å². The van der Waals surface area contributed by atoms with Gasteiger partial charge in [-0.3, -0.25) is 43.5 Å². The lowest BCUT2D eigenvalue weighted by atomic mass is 9.72. The molecule has 0 spiro atoms. The molecule has 87 heavy (non-hydrogen) atoms. The van der Waals surface area contributed by atoms with E-state index >= 15 is 0 Å². The van der Waals surface area contributed by atoms with E-state index in [1.807, 2.05) is 0 Å². The average Bonchev–Trinajstić information content (AvgIpc) is 1.50. The van der Waals surface area contributed by atoms with Gasteiger partial charge in [0.25, 0.3) is 35.4 Å². The Morgan fingerprint density at radius 3 is 0.678 bits per heavy atom. The zero-order valence-electron chi connectivity index (χ0n) is 51.5. The number of amides is 6. The van der Waals surface area contributed by atoms with Crippen LogP contribution in [0.2, 0.25) is 0 Å². The van der Waals surface area contributed by atoms with Crippen molar-refractivity contribution in [2.75, 3.05) is 101 Å². The van der Waals surface area contributed by atoms with Gasteiger partial charge >= 0.3 is 0 Å². The van der Waals surface area contributed by atoms with Crippen LogP contribution in [0.5, 0.6) is 0 Å². The number of aromatic nitrogens is 6. The molecule has 7 aromatic rings. The number of carbonyl (C=O) groups is 6. The number of rotatable bonds is 18. The van der Waals surface area contributed by atoms with Crippen LogP contribution in [0.25, 0.3) is 33.1 Å². The monoisotopic (exact) mass is 1170 g/mol. The minimum atomic E-state index is -0.277. The fourth-order valence-electron chi connectivity index (χ4n) is 16.7. The van der Waals surface area contributed by atoms with E-state index in [0.29, 0.717) is 86.1 Å². The molecule has 0 saturated heterocycles. The van der Waals surface area contributed by atoms with Gasteiger partial charge in [-0.25, -0.2) is 29.9 Å². The molecule has 6 aliphatic carbocycles. The Balaban J connectivity index is 0.782. The van der Waals surface area contributed by atoms with Gasteiger partial charge in [-0.05, 0) is 148 Å². The summed E-state index contributed by atoms with van der Waals surface area (Å²) in [6.07, 6.45) is 7.25. The van der Waals surface area contributed by atoms with Crippen LogP contribution in [0, 0.1) is 0 Å². The van der Waals surface area contributed by atoms with Crippen molar-refractivity contribution in [1.82, 2.24) is 44.6 Å². The van der Waals surface area contributed by atoms with Crippen LogP contribution in [-0.4, -0.2) is 195 Å². The highest BCUT2D eigenvalue weighted by Crippen LogP contribution is 2.71. The second kappa shape index (κ2) is 18.9. The van der Waals surface area contributed by atoms with E-state index < -0.39 is 0 Å². The van der Waals surface area contributed by atoms with Crippen LogP contribution in [0.1, 0.15) is 244 Å². The van der Waals surface area contributed by atoms with E-state index in [4.69, 9.17) is 29.9 Å². The minimum absolute atomic E-state index is 0.0857. The molecule has 6 bridgehead atoms. The highest BCUT2D eigenvalue weighted by Gasteiger charge is 2.59. The van der Waals surface area contributed by atoms with Crippen molar-refractivity contribution in [2.24, 2.45) is 0 Å². The molecule has 3 aromatic heterocycles. The third kappa shape index (κ3) is 7.80. The van der Waals surface area contributed by atoms with Gasteiger partial charge in [-0.15, -0.1) is 0 Å². The Labute approximate surface area is 505 Å². The number of hydrogen-bond acceptors (Lipinski definition) is 12. The zero-order chi connectivity index (χ0) is 60.2. The average molecular weight is 1170 g/mol. The van der Waals surface area contributed by atoms with E-state index in [0.717, 1.165) is 145 Å². The van der Waals surface area contributed by atoms with Gasteiger partial charge in [0, 0.05) is 55.1 Å². The smallest absolute Gasteiger partial charge is 0.261 e. The van der Waals surface area contributed by atoms with Crippen LogP contribution >= 0.6 is 0 Å². The molecule has 18 nitrogen and oxygen atoms in total. The second-order valence-electron chi connectivity index (χ2n) is 28.5. The molecular weight excluding hydrogens is 1090 g/mol. The number of imide groups is 3. The molecule has 4 aromatic carbocycles. The van der Waals surface area contributed by atoms with Crippen molar-refractivity contribution in [3.63, 3.8) is 0 Å². The standard InChI is InChI=1S/C69H75N12O6/c1-10-79(4,5)22-16-13-19-76-64(82)34-28-46-47(29-35(34)65(76)83)71-59-41-25-40(58(59)70-46)52-53(41)55-43-27-45(63-61(43)73-49-31-37-39(33-51(49)75-63)69(87)78(67(37)85)21-15-18-24-81(8,9)12-3)57(55)56-44-26-42(54(52)56)60-62(44)74-50-32-38-36(30-48(50)72-60)66(84)77(68(38)86)20-14-17-23-80(6,7)11-2/h28-33,40-45H,10-27H2,1-9H3/q+3/t40-,41+,42+,43-,44-,45+. The molecule has 0 unspecified atom stereocenters. The van der Waals surface area contributed by atoms with Crippen LogP contribution in [0.3, 0.4) is 0 Å². The third-order valence-electron chi connectivity index (χ3n) is 22.4. The molecule has 18 heteroatoms. The summed E-state index contributed by atoms with van der Waals surface area (Å²) in [5.74, 6) is -2.17. The largest absolute Gasteiger partial charge is 0.329 e. The van der Waals surface area contributed by atoms with Gasteiger partial charge in [0.05, 0.1) is 182 Å². The molecule has 6 atom stereocenters. The minimum Gasteiger partial charge on any atom is -0.329 e. The molecule has 0 saturated carbocycles.